The monoisotopic (exact) mass is 289 g/mol. The van der Waals surface area contributed by atoms with E-state index in [2.05, 4.69) is 10.3 Å². The molecule has 1 heterocycles. The predicted molar refractivity (Wildman–Crippen MR) is 73.5 cm³/mol. The van der Waals surface area contributed by atoms with Gasteiger partial charge in [-0.25, -0.2) is 0 Å². The summed E-state index contributed by atoms with van der Waals surface area (Å²) >= 11 is 0. The van der Waals surface area contributed by atoms with Crippen molar-refractivity contribution in [3.8, 4) is 11.5 Å². The number of hydrogen-bond donors (Lipinski definition) is 2. The van der Waals surface area contributed by atoms with Gasteiger partial charge >= 0.3 is 0 Å². The van der Waals surface area contributed by atoms with E-state index in [-0.39, 0.29) is 22.7 Å². The van der Waals surface area contributed by atoms with Gasteiger partial charge < -0.3 is 15.2 Å². The second kappa shape index (κ2) is 5.87. The van der Waals surface area contributed by atoms with Crippen LogP contribution in [0.15, 0.2) is 36.7 Å². The minimum Gasteiger partial charge on any atom is -0.506 e. The standard InChI is InChI=1S/C13H11N3O5/c1-21-12-7-14-5-4-9(12)13(18)15-10-3-2-8(16(19)20)6-11(10)17/h2-7,17H,1H3,(H,15,18). The van der Waals surface area contributed by atoms with Crippen molar-refractivity contribution in [2.45, 2.75) is 0 Å². The molecule has 0 aliphatic carbocycles. The third-order valence-electron chi connectivity index (χ3n) is 2.69. The van der Waals surface area contributed by atoms with Crippen LogP contribution in [0, 0.1) is 10.1 Å². The van der Waals surface area contributed by atoms with Crippen molar-refractivity contribution in [1.29, 1.82) is 0 Å². The Bertz CT molecular complexity index is 702. The van der Waals surface area contributed by atoms with Crippen LogP contribution in [0.5, 0.6) is 11.5 Å². The lowest BCUT2D eigenvalue weighted by Crippen LogP contribution is -2.13. The smallest absolute Gasteiger partial charge is 0.273 e. The zero-order valence-electron chi connectivity index (χ0n) is 10.9. The molecule has 0 bridgehead atoms. The fourth-order valence-corrected chi connectivity index (χ4v) is 1.66. The van der Waals surface area contributed by atoms with Gasteiger partial charge in [-0.15, -0.1) is 0 Å². The number of nitrogens with zero attached hydrogens (tertiary/aromatic N) is 2. The van der Waals surface area contributed by atoms with Crippen molar-refractivity contribution in [2.75, 3.05) is 12.4 Å². The largest absolute Gasteiger partial charge is 0.506 e. The van der Waals surface area contributed by atoms with E-state index >= 15 is 0 Å². The van der Waals surface area contributed by atoms with Gasteiger partial charge in [-0.2, -0.15) is 0 Å². The second-order valence-corrected chi connectivity index (χ2v) is 3.99. The number of carbonyl (C=O) groups is 1. The van der Waals surface area contributed by atoms with Gasteiger partial charge in [0.25, 0.3) is 11.6 Å². The molecule has 0 aliphatic rings. The third-order valence-corrected chi connectivity index (χ3v) is 2.69. The topological polar surface area (TPSA) is 115 Å². The Morgan fingerprint density at radius 1 is 1.43 bits per heavy atom. The molecular weight excluding hydrogens is 278 g/mol. The Labute approximate surface area is 119 Å². The lowest BCUT2D eigenvalue weighted by atomic mass is 10.2. The minimum absolute atomic E-state index is 0.0597. The van der Waals surface area contributed by atoms with Crippen LogP contribution < -0.4 is 10.1 Å². The van der Waals surface area contributed by atoms with Crippen molar-refractivity contribution in [1.82, 2.24) is 4.98 Å². The maximum Gasteiger partial charge on any atom is 0.273 e. The normalized spacial score (nSPS) is 9.95. The highest BCUT2D eigenvalue weighted by Crippen LogP contribution is 2.28. The van der Waals surface area contributed by atoms with Gasteiger partial charge in [0, 0.05) is 12.3 Å². The van der Waals surface area contributed by atoms with Crippen molar-refractivity contribution >= 4 is 17.3 Å². The summed E-state index contributed by atoms with van der Waals surface area (Å²) in [6, 6.07) is 4.84. The molecule has 8 heteroatoms. The summed E-state index contributed by atoms with van der Waals surface area (Å²) in [6.07, 6.45) is 2.80. The van der Waals surface area contributed by atoms with Gasteiger partial charge in [-0.1, -0.05) is 0 Å². The first-order valence-corrected chi connectivity index (χ1v) is 5.79. The molecule has 0 spiro atoms. The maximum absolute atomic E-state index is 12.1. The number of phenolic OH excluding ortho intramolecular Hbond substituents is 1. The van der Waals surface area contributed by atoms with E-state index < -0.39 is 16.6 Å². The molecule has 21 heavy (non-hydrogen) atoms. The van der Waals surface area contributed by atoms with Crippen molar-refractivity contribution in [3.63, 3.8) is 0 Å². The average molecular weight is 289 g/mol. The number of hydrogen-bond acceptors (Lipinski definition) is 6. The Hall–Kier alpha value is -3.16. The molecule has 0 saturated carbocycles. The SMILES string of the molecule is COc1cnccc1C(=O)Nc1ccc([N+](=O)[O-])cc1O. The van der Waals surface area contributed by atoms with Gasteiger partial charge in [0.1, 0.15) is 11.5 Å². The van der Waals surface area contributed by atoms with Crippen LogP contribution in [0.1, 0.15) is 10.4 Å². The number of benzene rings is 1. The summed E-state index contributed by atoms with van der Waals surface area (Å²) < 4.78 is 5.01. The third kappa shape index (κ3) is 3.06. The molecule has 0 saturated heterocycles. The maximum atomic E-state index is 12.1. The quantitative estimate of drug-likeness (QED) is 0.505. The summed E-state index contributed by atoms with van der Waals surface area (Å²) in [5.74, 6) is -0.652. The van der Waals surface area contributed by atoms with Crippen LogP contribution in [0.25, 0.3) is 0 Å². The van der Waals surface area contributed by atoms with Crippen molar-refractivity contribution in [2.24, 2.45) is 0 Å². The van der Waals surface area contributed by atoms with Gasteiger partial charge in [0.05, 0.1) is 35.5 Å². The van der Waals surface area contributed by atoms with Gasteiger partial charge in [0.2, 0.25) is 0 Å². The highest BCUT2D eigenvalue weighted by atomic mass is 16.6. The van der Waals surface area contributed by atoms with E-state index in [9.17, 15) is 20.0 Å². The number of ether oxygens (including phenoxy) is 1. The van der Waals surface area contributed by atoms with Crippen LogP contribution >= 0.6 is 0 Å². The number of nitro groups is 1. The van der Waals surface area contributed by atoms with Crippen LogP contribution in [-0.4, -0.2) is 28.0 Å². The van der Waals surface area contributed by atoms with Gasteiger partial charge in [-0.3, -0.25) is 19.9 Å². The minimum atomic E-state index is -0.642. The molecular formula is C13H11N3O5. The summed E-state index contributed by atoms with van der Waals surface area (Å²) in [7, 11) is 1.40. The molecule has 2 rings (SSSR count). The molecule has 1 aromatic heterocycles. The summed E-state index contributed by atoms with van der Waals surface area (Å²) in [6.45, 7) is 0. The fraction of sp³-hybridized carbons (Fsp3) is 0.0769. The number of anilines is 1. The lowest BCUT2D eigenvalue weighted by molar-refractivity contribution is -0.384. The number of nitrogens with one attached hydrogen (secondary N) is 1. The summed E-state index contributed by atoms with van der Waals surface area (Å²) in [4.78, 5) is 25.9. The lowest BCUT2D eigenvalue weighted by Gasteiger charge is -2.09. The number of non-ortho nitro benzene ring substituents is 1. The average Bonchev–Trinajstić information content (AvgIpc) is 2.48. The van der Waals surface area contributed by atoms with E-state index in [1.54, 1.807) is 0 Å². The first-order chi connectivity index (χ1) is 10.0. The van der Waals surface area contributed by atoms with E-state index in [4.69, 9.17) is 4.74 Å². The highest BCUT2D eigenvalue weighted by Gasteiger charge is 2.15. The van der Waals surface area contributed by atoms with Gasteiger partial charge in [0.15, 0.2) is 0 Å². The van der Waals surface area contributed by atoms with E-state index in [1.165, 1.54) is 37.7 Å². The summed E-state index contributed by atoms with van der Waals surface area (Å²) in [5, 5.41) is 22.7. The van der Waals surface area contributed by atoms with Crippen molar-refractivity contribution in [3.05, 3.63) is 52.3 Å². The van der Waals surface area contributed by atoms with Crippen LogP contribution in [-0.2, 0) is 0 Å². The van der Waals surface area contributed by atoms with Gasteiger partial charge in [-0.05, 0) is 12.1 Å². The Morgan fingerprint density at radius 2 is 2.19 bits per heavy atom. The predicted octanol–water partition coefficient (Wildman–Crippen LogP) is 1.96. The zero-order chi connectivity index (χ0) is 15.4. The highest BCUT2D eigenvalue weighted by molar-refractivity contribution is 6.06. The fourth-order valence-electron chi connectivity index (χ4n) is 1.66. The number of methoxy groups -OCH3 is 1. The zero-order valence-corrected chi connectivity index (χ0v) is 10.9. The van der Waals surface area contributed by atoms with Crippen LogP contribution in [0.4, 0.5) is 11.4 Å². The number of amides is 1. The van der Waals surface area contributed by atoms with E-state index in [0.29, 0.717) is 0 Å². The number of carbonyl (C=O) groups excluding carboxylic acids is 1. The molecule has 2 aromatic rings. The first kappa shape index (κ1) is 14.3. The number of pyridine rings is 1. The number of aromatic hydroxyl groups is 1. The Balaban J connectivity index is 2.26. The summed E-state index contributed by atoms with van der Waals surface area (Å²) in [5.41, 5.74) is 0.0155. The molecule has 2 N–H and O–H groups in total. The Morgan fingerprint density at radius 3 is 2.81 bits per heavy atom. The number of rotatable bonds is 4. The molecule has 8 nitrogen and oxygen atoms in total. The molecule has 1 aromatic carbocycles. The van der Waals surface area contributed by atoms with Crippen molar-refractivity contribution < 1.29 is 19.6 Å². The number of aromatic nitrogens is 1. The first-order valence-electron chi connectivity index (χ1n) is 5.79. The Kier molecular flexibility index (Phi) is 3.98. The van der Waals surface area contributed by atoms with Crippen LogP contribution in [0.2, 0.25) is 0 Å². The molecule has 108 valence electrons. The van der Waals surface area contributed by atoms with E-state index in [1.807, 2.05) is 0 Å². The second-order valence-electron chi connectivity index (χ2n) is 3.99. The molecule has 1 amide bonds. The van der Waals surface area contributed by atoms with E-state index in [0.717, 1.165) is 6.07 Å². The number of phenols is 1. The molecule has 0 fully saturated rings. The van der Waals surface area contributed by atoms with Crippen LogP contribution in [0.3, 0.4) is 0 Å². The molecule has 0 atom stereocenters. The number of nitro benzene ring substituents is 1. The molecule has 0 unspecified atom stereocenters. The molecule has 0 aliphatic heterocycles. The molecule has 0 radical (unpaired) electrons.